The normalized spacial score (nSPS) is 20.2. The Labute approximate surface area is 151 Å². The molecule has 1 aromatic carbocycles. The smallest absolute Gasteiger partial charge is 0.243 e. The lowest BCUT2D eigenvalue weighted by Crippen LogP contribution is -2.36. The first-order chi connectivity index (χ1) is 11.9. The van der Waals surface area contributed by atoms with Gasteiger partial charge < -0.3 is 4.90 Å². The van der Waals surface area contributed by atoms with Gasteiger partial charge in [-0.05, 0) is 62.8 Å². The van der Waals surface area contributed by atoms with Crippen LogP contribution in [0.1, 0.15) is 52.0 Å². The fourth-order valence-corrected chi connectivity index (χ4v) is 5.31. The van der Waals surface area contributed by atoms with Crippen LogP contribution in [0.25, 0.3) is 0 Å². The zero-order chi connectivity index (χ0) is 18.2. The van der Waals surface area contributed by atoms with Crippen LogP contribution >= 0.6 is 0 Å². The Morgan fingerprint density at radius 1 is 1.20 bits per heavy atom. The van der Waals surface area contributed by atoms with Crippen molar-refractivity contribution in [2.75, 3.05) is 18.0 Å². The molecule has 1 amide bonds. The summed E-state index contributed by atoms with van der Waals surface area (Å²) < 4.78 is 27.5. The summed E-state index contributed by atoms with van der Waals surface area (Å²) in [6.45, 7) is 7.09. The van der Waals surface area contributed by atoms with E-state index in [1.807, 2.05) is 31.7 Å². The Morgan fingerprint density at radius 2 is 1.84 bits per heavy atom. The SMILES string of the molecule is CCCN(CCC)S(=O)(=O)c1ccc2c(c1)C[C@H](C)N2C(=O)C1CC1. The summed E-state index contributed by atoms with van der Waals surface area (Å²) in [5.41, 5.74) is 1.86. The lowest BCUT2D eigenvalue weighted by molar-refractivity contribution is -0.120. The molecule has 1 aromatic rings. The van der Waals surface area contributed by atoms with Gasteiger partial charge in [-0.3, -0.25) is 4.79 Å². The van der Waals surface area contributed by atoms with Gasteiger partial charge in [0, 0.05) is 30.7 Å². The second-order valence-corrected chi connectivity index (χ2v) is 9.17. The van der Waals surface area contributed by atoms with Crippen molar-refractivity contribution < 1.29 is 13.2 Å². The second kappa shape index (κ2) is 7.08. The van der Waals surface area contributed by atoms with E-state index in [2.05, 4.69) is 0 Å². The Morgan fingerprint density at radius 3 is 2.40 bits per heavy atom. The van der Waals surface area contributed by atoms with Crippen molar-refractivity contribution in [3.8, 4) is 0 Å². The summed E-state index contributed by atoms with van der Waals surface area (Å²) >= 11 is 0. The van der Waals surface area contributed by atoms with E-state index >= 15 is 0 Å². The molecule has 0 spiro atoms. The van der Waals surface area contributed by atoms with Gasteiger partial charge >= 0.3 is 0 Å². The lowest BCUT2D eigenvalue weighted by atomic mass is 10.1. The van der Waals surface area contributed by atoms with Crippen LogP contribution in [0, 0.1) is 5.92 Å². The zero-order valence-corrected chi connectivity index (χ0v) is 16.2. The van der Waals surface area contributed by atoms with Crippen molar-refractivity contribution in [1.82, 2.24) is 4.31 Å². The molecular weight excluding hydrogens is 336 g/mol. The summed E-state index contributed by atoms with van der Waals surface area (Å²) in [6.07, 6.45) is 4.27. The van der Waals surface area contributed by atoms with Gasteiger partial charge in [0.1, 0.15) is 0 Å². The molecule has 6 heteroatoms. The summed E-state index contributed by atoms with van der Waals surface area (Å²) in [4.78, 5) is 14.8. The average Bonchev–Trinajstić information content (AvgIpc) is 3.36. The van der Waals surface area contributed by atoms with E-state index in [9.17, 15) is 13.2 Å². The average molecular weight is 365 g/mol. The summed E-state index contributed by atoms with van der Waals surface area (Å²) in [5, 5.41) is 0. The number of nitrogens with zero attached hydrogens (tertiary/aromatic N) is 2. The van der Waals surface area contributed by atoms with Gasteiger partial charge in [-0.15, -0.1) is 0 Å². The largest absolute Gasteiger partial charge is 0.309 e. The van der Waals surface area contributed by atoms with Crippen LogP contribution in [-0.2, 0) is 21.2 Å². The van der Waals surface area contributed by atoms with Crippen molar-refractivity contribution in [1.29, 1.82) is 0 Å². The number of hydrogen-bond acceptors (Lipinski definition) is 3. The summed E-state index contributed by atoms with van der Waals surface area (Å²) in [5.74, 6) is 0.363. The second-order valence-electron chi connectivity index (χ2n) is 7.23. The predicted octanol–water partition coefficient (Wildman–Crippen LogP) is 3.18. The lowest BCUT2D eigenvalue weighted by Gasteiger charge is -2.23. The molecule has 138 valence electrons. The highest BCUT2D eigenvalue weighted by molar-refractivity contribution is 7.89. The van der Waals surface area contributed by atoms with Crippen LogP contribution in [0.15, 0.2) is 23.1 Å². The number of benzene rings is 1. The maximum Gasteiger partial charge on any atom is 0.243 e. The van der Waals surface area contributed by atoms with E-state index in [4.69, 9.17) is 0 Å². The van der Waals surface area contributed by atoms with Crippen LogP contribution < -0.4 is 4.90 Å². The van der Waals surface area contributed by atoms with Gasteiger partial charge in [0.15, 0.2) is 0 Å². The monoisotopic (exact) mass is 364 g/mol. The highest BCUT2D eigenvalue weighted by Crippen LogP contribution is 2.39. The van der Waals surface area contributed by atoms with E-state index < -0.39 is 10.0 Å². The molecule has 0 aromatic heterocycles. The highest BCUT2D eigenvalue weighted by atomic mass is 32.2. The van der Waals surface area contributed by atoms with Gasteiger partial charge in [-0.2, -0.15) is 4.31 Å². The third-order valence-corrected chi connectivity index (χ3v) is 6.91. The van der Waals surface area contributed by atoms with Gasteiger partial charge in [-0.1, -0.05) is 13.8 Å². The molecule has 2 aliphatic rings. The van der Waals surface area contributed by atoms with E-state index in [1.54, 1.807) is 16.4 Å². The molecule has 1 aliphatic heterocycles. The maximum absolute atomic E-state index is 13.0. The molecule has 1 aliphatic carbocycles. The highest BCUT2D eigenvalue weighted by Gasteiger charge is 2.40. The molecule has 0 radical (unpaired) electrons. The number of rotatable bonds is 7. The Bertz CT molecular complexity index is 750. The first-order valence-corrected chi connectivity index (χ1v) is 10.8. The minimum Gasteiger partial charge on any atom is -0.309 e. The Hall–Kier alpha value is -1.40. The predicted molar refractivity (Wildman–Crippen MR) is 99.2 cm³/mol. The number of fused-ring (bicyclic) bond motifs is 1. The fourth-order valence-electron chi connectivity index (χ4n) is 3.63. The molecule has 25 heavy (non-hydrogen) atoms. The van der Waals surface area contributed by atoms with Crippen LogP contribution in [0.2, 0.25) is 0 Å². The molecule has 1 fully saturated rings. The first-order valence-electron chi connectivity index (χ1n) is 9.36. The van der Waals surface area contributed by atoms with Crippen molar-refractivity contribution in [2.45, 2.75) is 63.8 Å². The van der Waals surface area contributed by atoms with Crippen molar-refractivity contribution >= 4 is 21.6 Å². The van der Waals surface area contributed by atoms with E-state index in [-0.39, 0.29) is 17.9 Å². The van der Waals surface area contributed by atoms with E-state index in [1.165, 1.54) is 0 Å². The minimum absolute atomic E-state index is 0.100. The van der Waals surface area contributed by atoms with Crippen molar-refractivity contribution in [2.24, 2.45) is 5.92 Å². The number of carbonyl (C=O) groups excluding carboxylic acids is 1. The van der Waals surface area contributed by atoms with Crippen LogP contribution in [0.3, 0.4) is 0 Å². The molecule has 0 bridgehead atoms. The van der Waals surface area contributed by atoms with Gasteiger partial charge in [0.2, 0.25) is 15.9 Å². The topological polar surface area (TPSA) is 57.7 Å². The summed E-state index contributed by atoms with van der Waals surface area (Å²) in [6, 6.07) is 5.36. The molecule has 1 heterocycles. The van der Waals surface area contributed by atoms with Gasteiger partial charge in [-0.25, -0.2) is 8.42 Å². The van der Waals surface area contributed by atoms with Crippen molar-refractivity contribution in [3.63, 3.8) is 0 Å². The van der Waals surface area contributed by atoms with Crippen molar-refractivity contribution in [3.05, 3.63) is 23.8 Å². The molecular formula is C19H28N2O3S. The molecule has 1 atom stereocenters. The quantitative estimate of drug-likeness (QED) is 0.747. The number of anilines is 1. The van der Waals surface area contributed by atoms with Gasteiger partial charge in [0.25, 0.3) is 0 Å². The molecule has 0 unspecified atom stereocenters. The molecule has 0 saturated heterocycles. The maximum atomic E-state index is 13.0. The molecule has 5 nitrogen and oxygen atoms in total. The van der Waals surface area contributed by atoms with E-state index in [0.29, 0.717) is 18.0 Å². The zero-order valence-electron chi connectivity index (χ0n) is 15.4. The first kappa shape index (κ1) is 18.4. The standard InChI is InChI=1S/C19H28N2O3S/c1-4-10-20(11-5-2)25(23,24)17-8-9-18-16(13-17)12-14(3)21(18)19(22)15-6-7-15/h8-9,13-15H,4-7,10-12H2,1-3H3/t14-/m0/s1. The third kappa shape index (κ3) is 3.47. The van der Waals surface area contributed by atoms with Crippen LogP contribution in [-0.4, -0.2) is 37.8 Å². The third-order valence-electron chi connectivity index (χ3n) is 5.01. The number of amides is 1. The number of sulfonamides is 1. The Kier molecular flexibility index (Phi) is 5.21. The fraction of sp³-hybridized carbons (Fsp3) is 0.632. The summed E-state index contributed by atoms with van der Waals surface area (Å²) in [7, 11) is -3.48. The van der Waals surface area contributed by atoms with E-state index in [0.717, 1.165) is 43.4 Å². The minimum atomic E-state index is -3.48. The number of hydrogen-bond donors (Lipinski definition) is 0. The van der Waals surface area contributed by atoms with Crippen LogP contribution in [0.4, 0.5) is 5.69 Å². The molecule has 0 N–H and O–H groups in total. The Balaban J connectivity index is 1.91. The number of carbonyl (C=O) groups is 1. The van der Waals surface area contributed by atoms with Gasteiger partial charge in [0.05, 0.1) is 4.90 Å². The van der Waals surface area contributed by atoms with Crippen LogP contribution in [0.5, 0.6) is 0 Å². The molecule has 3 rings (SSSR count). The molecule has 1 saturated carbocycles.